The number of nitrogens with two attached hydrogens (primary N) is 2. The molecule has 0 aliphatic carbocycles. The van der Waals surface area contributed by atoms with Gasteiger partial charge in [-0.3, -0.25) is 25.0 Å². The SMILES string of the molecule is CC(C)N(CCC(=O)OCCCCCCOC(=O)c1ccc(NN)c(N)c1)C(=O)c1ccc(S(=O)(=O)N2C(=O)CCC2=O)cc1. The summed E-state index contributed by atoms with van der Waals surface area (Å²) in [4.78, 5) is 62.6. The topological polar surface area (TPSA) is 208 Å². The molecule has 0 bridgehead atoms. The summed E-state index contributed by atoms with van der Waals surface area (Å²) in [6, 6.07) is 9.34. The van der Waals surface area contributed by atoms with Crippen molar-refractivity contribution in [1.29, 1.82) is 0 Å². The maximum Gasteiger partial charge on any atom is 0.338 e. The van der Waals surface area contributed by atoms with Crippen LogP contribution in [0, 0.1) is 0 Å². The van der Waals surface area contributed by atoms with Crippen LogP contribution in [0.3, 0.4) is 0 Å². The number of nitrogen functional groups attached to an aromatic ring is 2. The van der Waals surface area contributed by atoms with Crippen LogP contribution in [0.15, 0.2) is 47.4 Å². The summed E-state index contributed by atoms with van der Waals surface area (Å²) in [5.74, 6) is 2.40. The number of anilines is 2. The molecule has 0 unspecified atom stereocenters. The second-order valence-corrected chi connectivity index (χ2v) is 12.4. The predicted molar refractivity (Wildman–Crippen MR) is 164 cm³/mol. The van der Waals surface area contributed by atoms with Crippen LogP contribution in [0.4, 0.5) is 11.4 Å². The Balaban J connectivity index is 1.36. The number of carbonyl (C=O) groups excluding carboxylic acids is 5. The van der Waals surface area contributed by atoms with Gasteiger partial charge in [0, 0.05) is 31.0 Å². The number of nitrogens with one attached hydrogen (secondary N) is 1. The zero-order valence-corrected chi connectivity index (χ0v) is 26.1. The summed E-state index contributed by atoms with van der Waals surface area (Å²) in [5.41, 5.74) is 9.59. The number of ether oxygens (including phenoxy) is 2. The fourth-order valence-corrected chi connectivity index (χ4v) is 5.97. The summed E-state index contributed by atoms with van der Waals surface area (Å²) >= 11 is 0. The molecule has 3 rings (SSSR count). The van der Waals surface area contributed by atoms with E-state index < -0.39 is 39.7 Å². The minimum Gasteiger partial charge on any atom is -0.466 e. The molecule has 0 radical (unpaired) electrons. The highest BCUT2D eigenvalue weighted by Gasteiger charge is 2.39. The molecule has 0 atom stereocenters. The third-order valence-corrected chi connectivity index (χ3v) is 8.82. The molecule has 244 valence electrons. The third kappa shape index (κ3) is 9.25. The minimum atomic E-state index is -4.35. The second-order valence-electron chi connectivity index (χ2n) is 10.6. The van der Waals surface area contributed by atoms with Crippen molar-refractivity contribution in [1.82, 2.24) is 9.21 Å². The van der Waals surface area contributed by atoms with Crippen molar-refractivity contribution in [2.45, 2.75) is 69.7 Å². The van der Waals surface area contributed by atoms with Gasteiger partial charge < -0.3 is 25.5 Å². The van der Waals surface area contributed by atoms with Crippen molar-refractivity contribution in [2.24, 2.45) is 5.84 Å². The number of hydrazine groups is 1. The van der Waals surface area contributed by atoms with Gasteiger partial charge in [0.05, 0.1) is 41.5 Å². The summed E-state index contributed by atoms with van der Waals surface area (Å²) < 4.78 is 36.3. The van der Waals surface area contributed by atoms with Crippen LogP contribution in [0.1, 0.15) is 79.5 Å². The van der Waals surface area contributed by atoms with Crippen molar-refractivity contribution < 1.29 is 41.9 Å². The third-order valence-electron chi connectivity index (χ3n) is 7.06. The number of hydrogen-bond donors (Lipinski definition) is 3. The highest BCUT2D eigenvalue weighted by atomic mass is 32.2. The van der Waals surface area contributed by atoms with Crippen molar-refractivity contribution in [3.05, 3.63) is 53.6 Å². The highest BCUT2D eigenvalue weighted by molar-refractivity contribution is 7.90. The molecule has 1 aliphatic heterocycles. The Hall–Kier alpha value is -4.50. The molecule has 45 heavy (non-hydrogen) atoms. The van der Waals surface area contributed by atoms with Gasteiger partial charge in [-0.25, -0.2) is 13.2 Å². The number of rotatable bonds is 16. The van der Waals surface area contributed by atoms with Crippen LogP contribution in [0.25, 0.3) is 0 Å². The molecule has 3 amide bonds. The predicted octanol–water partition coefficient (Wildman–Crippen LogP) is 2.59. The first-order valence-corrected chi connectivity index (χ1v) is 16.0. The van der Waals surface area contributed by atoms with E-state index in [1.807, 2.05) is 0 Å². The van der Waals surface area contributed by atoms with E-state index in [1.54, 1.807) is 26.0 Å². The van der Waals surface area contributed by atoms with Crippen LogP contribution in [0.2, 0.25) is 0 Å². The molecule has 1 fully saturated rings. The maximum atomic E-state index is 13.1. The van der Waals surface area contributed by atoms with E-state index in [-0.39, 0.29) is 59.8 Å². The normalized spacial score (nSPS) is 13.2. The van der Waals surface area contributed by atoms with Crippen molar-refractivity contribution in [3.63, 3.8) is 0 Å². The van der Waals surface area contributed by atoms with Crippen LogP contribution in [-0.2, 0) is 33.9 Å². The van der Waals surface area contributed by atoms with Gasteiger partial charge in [0.15, 0.2) is 0 Å². The van der Waals surface area contributed by atoms with Gasteiger partial charge in [-0.15, -0.1) is 0 Å². The van der Waals surface area contributed by atoms with Gasteiger partial charge in [0.1, 0.15) is 0 Å². The molecular formula is C30H39N5O9S. The van der Waals surface area contributed by atoms with E-state index in [0.717, 1.165) is 12.8 Å². The largest absolute Gasteiger partial charge is 0.466 e. The number of imide groups is 1. The summed E-state index contributed by atoms with van der Waals surface area (Å²) in [6.45, 7) is 4.12. The lowest BCUT2D eigenvalue weighted by Crippen LogP contribution is -2.38. The lowest BCUT2D eigenvalue weighted by atomic mass is 10.1. The molecule has 2 aromatic carbocycles. The summed E-state index contributed by atoms with van der Waals surface area (Å²) in [7, 11) is -4.35. The van der Waals surface area contributed by atoms with Gasteiger partial charge in [0.25, 0.3) is 15.9 Å². The second kappa shape index (κ2) is 16.0. The molecule has 14 nitrogen and oxygen atoms in total. The lowest BCUT2D eigenvalue weighted by molar-refractivity contribution is -0.144. The molecule has 1 aliphatic rings. The summed E-state index contributed by atoms with van der Waals surface area (Å²) in [6.07, 6.45) is 2.44. The highest BCUT2D eigenvalue weighted by Crippen LogP contribution is 2.24. The molecule has 0 saturated carbocycles. The van der Waals surface area contributed by atoms with Crippen LogP contribution in [-0.4, -0.2) is 73.1 Å². The van der Waals surface area contributed by atoms with Crippen LogP contribution >= 0.6 is 0 Å². The fraction of sp³-hybridized carbons (Fsp3) is 0.433. The number of nitrogens with zero attached hydrogens (tertiary/aromatic N) is 2. The van der Waals surface area contributed by atoms with E-state index in [1.165, 1.54) is 35.2 Å². The number of sulfonamides is 1. The first kappa shape index (κ1) is 35.0. The molecule has 1 saturated heterocycles. The Labute approximate surface area is 262 Å². The van der Waals surface area contributed by atoms with Crippen LogP contribution < -0.4 is 17.0 Å². The van der Waals surface area contributed by atoms with E-state index in [0.29, 0.717) is 29.8 Å². The number of amides is 3. The van der Waals surface area contributed by atoms with Gasteiger partial charge in [-0.1, -0.05) is 0 Å². The van der Waals surface area contributed by atoms with Gasteiger partial charge in [0.2, 0.25) is 11.8 Å². The maximum absolute atomic E-state index is 13.1. The van der Waals surface area contributed by atoms with Crippen molar-refractivity contribution in [2.75, 3.05) is 30.9 Å². The zero-order valence-electron chi connectivity index (χ0n) is 25.3. The van der Waals surface area contributed by atoms with E-state index in [2.05, 4.69) is 5.43 Å². The Morgan fingerprint density at radius 1 is 0.911 bits per heavy atom. The van der Waals surface area contributed by atoms with E-state index in [9.17, 15) is 32.4 Å². The minimum absolute atomic E-state index is 0.0294. The Morgan fingerprint density at radius 3 is 2.04 bits per heavy atom. The average Bonchev–Trinajstić information content (AvgIpc) is 3.36. The van der Waals surface area contributed by atoms with Crippen LogP contribution in [0.5, 0.6) is 0 Å². The lowest BCUT2D eigenvalue weighted by Gasteiger charge is -2.26. The Kier molecular flexibility index (Phi) is 12.4. The quantitative estimate of drug-likeness (QED) is 0.0601. The Morgan fingerprint density at radius 2 is 1.49 bits per heavy atom. The van der Waals surface area contributed by atoms with E-state index >= 15 is 0 Å². The first-order valence-electron chi connectivity index (χ1n) is 14.6. The molecule has 15 heteroatoms. The van der Waals surface area contributed by atoms with Gasteiger partial charge >= 0.3 is 11.9 Å². The monoisotopic (exact) mass is 645 g/mol. The zero-order chi connectivity index (χ0) is 33.1. The van der Waals surface area contributed by atoms with E-state index in [4.69, 9.17) is 21.1 Å². The number of unbranched alkanes of at least 4 members (excludes halogenated alkanes) is 3. The van der Waals surface area contributed by atoms with Crippen molar-refractivity contribution >= 4 is 51.1 Å². The molecule has 2 aromatic rings. The number of esters is 2. The molecule has 1 heterocycles. The van der Waals surface area contributed by atoms with Gasteiger partial charge in [-0.05, 0) is 82.0 Å². The smallest absolute Gasteiger partial charge is 0.338 e. The molecule has 5 N–H and O–H groups in total. The summed E-state index contributed by atoms with van der Waals surface area (Å²) in [5, 5.41) is 0. The number of benzene rings is 2. The Bertz CT molecular complexity index is 1490. The first-order chi connectivity index (χ1) is 21.4. The number of carbonyl (C=O) groups is 5. The van der Waals surface area contributed by atoms with Crippen molar-refractivity contribution in [3.8, 4) is 0 Å². The fourth-order valence-electron chi connectivity index (χ4n) is 4.56. The molecular weight excluding hydrogens is 606 g/mol. The number of hydrogen-bond acceptors (Lipinski definition) is 12. The standard InChI is InChI=1S/C30H39N5O9S/c1-20(2)34(29(39)21-7-10-23(11-8-21)45(41,42)35-26(36)13-14-27(35)37)16-15-28(38)43-17-5-3-4-6-18-44-30(40)22-9-12-25(33-32)24(31)19-22/h7-12,19-20,33H,3-6,13-18,31-32H2,1-2H3. The average molecular weight is 646 g/mol. The van der Waals surface area contributed by atoms with Gasteiger partial charge in [-0.2, -0.15) is 4.31 Å². The molecule has 0 spiro atoms. The molecule has 0 aromatic heterocycles.